The van der Waals surface area contributed by atoms with E-state index in [1.165, 1.54) is 0 Å². The van der Waals surface area contributed by atoms with Gasteiger partial charge in [0, 0.05) is 30.4 Å². The summed E-state index contributed by atoms with van der Waals surface area (Å²) in [6, 6.07) is 12.2. The minimum absolute atomic E-state index is 0.226. The lowest BCUT2D eigenvalue weighted by atomic mass is 10.0. The molecule has 1 aliphatic heterocycles. The molecule has 1 aliphatic rings. The van der Waals surface area contributed by atoms with Crippen LogP contribution in [-0.2, 0) is 14.6 Å². The summed E-state index contributed by atoms with van der Waals surface area (Å²) in [5.41, 5.74) is 2.89. The van der Waals surface area contributed by atoms with Crippen LogP contribution in [0.3, 0.4) is 0 Å². The van der Waals surface area contributed by atoms with Crippen molar-refractivity contribution in [2.45, 2.75) is 44.4 Å². The number of hydrogen-bond acceptors (Lipinski definition) is 3. The maximum Gasteiger partial charge on any atom is 0.256 e. The van der Waals surface area contributed by atoms with Crippen LogP contribution < -0.4 is 5.32 Å². The van der Waals surface area contributed by atoms with Gasteiger partial charge >= 0.3 is 0 Å². The molecule has 1 N–H and O–H groups in total. The van der Waals surface area contributed by atoms with Crippen molar-refractivity contribution in [3.63, 3.8) is 0 Å². The quantitative estimate of drug-likeness (QED) is 0.795. The van der Waals surface area contributed by atoms with Crippen LogP contribution in [0.4, 0.5) is 5.69 Å². The molecule has 2 aromatic carbocycles. The molecule has 1 atom stereocenters. The third-order valence-corrected chi connectivity index (χ3v) is 6.90. The van der Waals surface area contributed by atoms with Crippen LogP contribution in [0.25, 0.3) is 0 Å². The highest BCUT2D eigenvalue weighted by atomic mass is 32.3. The highest BCUT2D eigenvalue weighted by Gasteiger charge is 2.30. The maximum absolute atomic E-state index is 13.0. The summed E-state index contributed by atoms with van der Waals surface area (Å²) in [5.74, 6) is -0.227. The first-order chi connectivity index (χ1) is 12.9. The van der Waals surface area contributed by atoms with Crippen LogP contribution in [0.15, 0.2) is 47.4 Å². The average molecular weight is 387 g/mol. The Kier molecular flexibility index (Phi) is 6.09. The molecule has 144 valence electrons. The fourth-order valence-electron chi connectivity index (χ4n) is 3.53. The number of benzene rings is 2. The number of sulfonamides is 1. The van der Waals surface area contributed by atoms with Crippen molar-refractivity contribution in [1.82, 2.24) is 4.31 Å². The molecule has 0 radical (unpaired) electrons. The zero-order chi connectivity index (χ0) is 19.4. The van der Waals surface area contributed by atoms with Gasteiger partial charge in [0.05, 0.1) is 0 Å². The van der Waals surface area contributed by atoms with Crippen molar-refractivity contribution in [2.75, 3.05) is 18.4 Å². The van der Waals surface area contributed by atoms with Gasteiger partial charge in [-0.3, -0.25) is 4.79 Å². The third kappa shape index (κ3) is 4.46. The van der Waals surface area contributed by atoms with Gasteiger partial charge < -0.3 is 9.87 Å². The Morgan fingerprint density at radius 2 is 1.59 bits per heavy atom. The molecule has 0 saturated carbocycles. The van der Waals surface area contributed by atoms with Crippen LogP contribution >= 0.6 is 0 Å². The number of nitrogens with one attached hydrogen (secondary N) is 1. The first-order valence-corrected chi connectivity index (χ1v) is 10.8. The van der Waals surface area contributed by atoms with E-state index in [9.17, 15) is 13.6 Å². The van der Waals surface area contributed by atoms with Crippen molar-refractivity contribution in [2.24, 2.45) is 0 Å². The molecule has 1 heterocycles. The van der Waals surface area contributed by atoms with Crippen LogP contribution in [0.2, 0.25) is 0 Å². The molecule has 27 heavy (non-hydrogen) atoms. The van der Waals surface area contributed by atoms with Gasteiger partial charge in [-0.2, -0.15) is 0 Å². The Balaban J connectivity index is 1.83. The summed E-state index contributed by atoms with van der Waals surface area (Å²) in [6.45, 7) is 4.90. The summed E-state index contributed by atoms with van der Waals surface area (Å²) in [5, 5.41) is 2.85. The van der Waals surface area contributed by atoms with E-state index in [-0.39, 0.29) is 10.8 Å². The van der Waals surface area contributed by atoms with E-state index in [2.05, 4.69) is 5.32 Å². The number of rotatable bonds is 4. The molecule has 3 rings (SSSR count). The predicted octanol–water partition coefficient (Wildman–Crippen LogP) is 4.34. The molecule has 6 heteroatoms. The van der Waals surface area contributed by atoms with Crippen molar-refractivity contribution in [3.05, 3.63) is 59.2 Å². The van der Waals surface area contributed by atoms with Crippen molar-refractivity contribution >= 4 is 22.0 Å². The topological polar surface area (TPSA) is 72.5 Å². The lowest BCUT2D eigenvalue weighted by Gasteiger charge is -2.26. The standard InChI is InChI=1S/C21H26N2O3S/c1-16-9-7-10-17(2)20(16)21(24)22-18-11-8-12-19(15-18)27(25,26)23-13-5-3-4-6-14-23/h7-12,15H,3-6,13-14H2,1-2H3,(H-,22,24,25,26). The highest BCUT2D eigenvalue weighted by molar-refractivity contribution is 7.95. The number of carbonyl (C=O) groups excluding carboxylic acids is 1. The predicted molar refractivity (Wildman–Crippen MR) is 107 cm³/mol. The zero-order valence-electron chi connectivity index (χ0n) is 15.9. The first kappa shape index (κ1) is 19.7. The number of carbonyl (C=O) groups is 1. The normalized spacial score (nSPS) is 17.7. The van der Waals surface area contributed by atoms with E-state index >= 15 is 0 Å². The first-order valence-electron chi connectivity index (χ1n) is 9.37. The Morgan fingerprint density at radius 3 is 2.22 bits per heavy atom. The Labute approximate surface area is 162 Å². The molecule has 1 amide bonds. The van der Waals surface area contributed by atoms with E-state index in [0.717, 1.165) is 36.8 Å². The van der Waals surface area contributed by atoms with Crippen LogP contribution in [0.1, 0.15) is 47.2 Å². The molecular formula is C21H26N2O3S. The second-order valence-electron chi connectivity index (χ2n) is 7.07. The number of aryl methyl sites for hydroxylation is 2. The van der Waals surface area contributed by atoms with Gasteiger partial charge in [0.15, 0.2) is 15.3 Å². The van der Waals surface area contributed by atoms with E-state index in [1.807, 2.05) is 32.0 Å². The minimum atomic E-state index is -3.54. The van der Waals surface area contributed by atoms with Gasteiger partial charge in [-0.1, -0.05) is 41.3 Å². The van der Waals surface area contributed by atoms with Crippen molar-refractivity contribution < 1.29 is 13.6 Å². The van der Waals surface area contributed by atoms with E-state index in [1.54, 1.807) is 28.6 Å². The summed E-state index contributed by atoms with van der Waals surface area (Å²) < 4.78 is 27.5. The van der Waals surface area contributed by atoms with Gasteiger partial charge in [-0.15, -0.1) is 4.31 Å². The fourth-order valence-corrected chi connectivity index (χ4v) is 5.10. The lowest BCUT2D eigenvalue weighted by molar-refractivity contribution is 0.102. The molecule has 0 spiro atoms. The molecule has 1 fully saturated rings. The number of amides is 1. The number of nitrogens with zero attached hydrogens (tertiary/aromatic N) is 1. The summed E-state index contributed by atoms with van der Waals surface area (Å²) >= 11 is 0. The minimum Gasteiger partial charge on any atom is -0.593 e. The fraction of sp³-hybridized carbons (Fsp3) is 0.381. The van der Waals surface area contributed by atoms with Gasteiger partial charge in [-0.25, -0.2) is 0 Å². The van der Waals surface area contributed by atoms with E-state index < -0.39 is 10.4 Å². The second kappa shape index (κ2) is 8.33. The van der Waals surface area contributed by atoms with Gasteiger partial charge in [-0.05, 0) is 49.9 Å². The molecule has 5 nitrogen and oxygen atoms in total. The van der Waals surface area contributed by atoms with Gasteiger partial charge in [0.1, 0.15) is 0 Å². The SMILES string of the molecule is Cc1cccc(C)c1C(=O)Nc1cccc([S+](=O)([O-])N2CCCCCC2)c1. The second-order valence-corrected chi connectivity index (χ2v) is 9.00. The maximum atomic E-state index is 13.0. The zero-order valence-corrected chi connectivity index (χ0v) is 16.7. The number of hydrogen-bond donors (Lipinski definition) is 1. The Hall–Kier alpha value is -2.02. The van der Waals surface area contributed by atoms with Crippen molar-refractivity contribution in [1.29, 1.82) is 0 Å². The molecule has 2 aromatic rings. The van der Waals surface area contributed by atoms with Crippen LogP contribution in [0.5, 0.6) is 0 Å². The molecular weight excluding hydrogens is 360 g/mol. The molecule has 1 unspecified atom stereocenters. The average Bonchev–Trinajstić information content (AvgIpc) is 2.92. The Bertz CT molecular complexity index is 853. The smallest absolute Gasteiger partial charge is 0.256 e. The molecule has 0 aromatic heterocycles. The monoisotopic (exact) mass is 386 g/mol. The van der Waals surface area contributed by atoms with Crippen LogP contribution in [0, 0.1) is 13.8 Å². The van der Waals surface area contributed by atoms with Crippen molar-refractivity contribution in [3.8, 4) is 0 Å². The van der Waals surface area contributed by atoms with E-state index in [0.29, 0.717) is 24.3 Å². The summed E-state index contributed by atoms with van der Waals surface area (Å²) in [6.07, 6.45) is 3.92. The molecule has 1 saturated heterocycles. The number of anilines is 1. The Morgan fingerprint density at radius 1 is 1.00 bits per heavy atom. The van der Waals surface area contributed by atoms with Gasteiger partial charge in [0.25, 0.3) is 5.91 Å². The summed E-state index contributed by atoms with van der Waals surface area (Å²) in [4.78, 5) is 12.9. The lowest BCUT2D eigenvalue weighted by Crippen LogP contribution is -2.37. The molecule has 0 bridgehead atoms. The third-order valence-electron chi connectivity index (χ3n) is 5.00. The highest BCUT2D eigenvalue weighted by Crippen LogP contribution is 2.27. The van der Waals surface area contributed by atoms with Gasteiger partial charge in [0.2, 0.25) is 0 Å². The van der Waals surface area contributed by atoms with Crippen LogP contribution in [-0.4, -0.2) is 27.9 Å². The molecule has 0 aliphatic carbocycles. The van der Waals surface area contributed by atoms with E-state index in [4.69, 9.17) is 0 Å². The largest absolute Gasteiger partial charge is 0.593 e. The summed E-state index contributed by atoms with van der Waals surface area (Å²) in [7, 11) is -3.54.